The summed E-state index contributed by atoms with van der Waals surface area (Å²) >= 11 is 0. The van der Waals surface area contributed by atoms with Gasteiger partial charge in [-0.05, 0) is 25.7 Å². The molecule has 0 saturated carbocycles. The molecule has 0 radical (unpaired) electrons. The quantitative estimate of drug-likeness (QED) is 0.625. The van der Waals surface area contributed by atoms with Crippen LogP contribution in [0.5, 0.6) is 0 Å². The molecule has 0 amide bonds. The Labute approximate surface area is 84.3 Å². The van der Waals surface area contributed by atoms with Gasteiger partial charge in [0.15, 0.2) is 0 Å². The summed E-state index contributed by atoms with van der Waals surface area (Å²) in [5.41, 5.74) is 0. The van der Waals surface area contributed by atoms with Crippen LogP contribution in [0.25, 0.3) is 0 Å². The second kappa shape index (κ2) is 4.61. The van der Waals surface area contributed by atoms with Gasteiger partial charge in [-0.2, -0.15) is 0 Å². The molecule has 0 unspecified atom stereocenters. The Balaban J connectivity index is 2.75. The number of rotatable bonds is 3. The van der Waals surface area contributed by atoms with E-state index in [9.17, 15) is 4.79 Å². The standard InChI is InChI=1S/C10H19NO2/c1-4-5-8-6-9(10(12)13-3)11(2)7-8/h8-9H,4-7H2,1-3H3/t8-,9+/m0/s1/i2D3. The SMILES string of the molecule is [2H]C([2H])([2H])N1C[C@@H](CCC)C[C@@H]1C(=O)OC. The molecular formula is C10H19NO2. The number of carbonyl (C=O) groups excluding carboxylic acids is 1. The van der Waals surface area contributed by atoms with E-state index in [-0.39, 0.29) is 5.92 Å². The van der Waals surface area contributed by atoms with E-state index in [1.165, 1.54) is 12.0 Å². The number of carbonyl (C=O) groups is 1. The van der Waals surface area contributed by atoms with Crippen molar-refractivity contribution in [1.82, 2.24) is 4.90 Å². The van der Waals surface area contributed by atoms with Gasteiger partial charge in [0, 0.05) is 10.7 Å². The number of hydrogen-bond acceptors (Lipinski definition) is 3. The minimum atomic E-state index is -2.21. The Morgan fingerprint density at radius 2 is 2.54 bits per heavy atom. The topological polar surface area (TPSA) is 29.5 Å². The highest BCUT2D eigenvalue weighted by molar-refractivity contribution is 5.76. The Kier molecular flexibility index (Phi) is 2.42. The highest BCUT2D eigenvalue weighted by Gasteiger charge is 2.34. The molecule has 76 valence electrons. The van der Waals surface area contributed by atoms with Gasteiger partial charge in [0.2, 0.25) is 0 Å². The average Bonchev–Trinajstić information content (AvgIpc) is 2.61. The number of hydrogen-bond donors (Lipinski definition) is 0. The first kappa shape index (κ1) is 6.82. The molecule has 0 aromatic heterocycles. The summed E-state index contributed by atoms with van der Waals surface area (Å²) < 4.78 is 26.9. The highest BCUT2D eigenvalue weighted by atomic mass is 16.5. The summed E-state index contributed by atoms with van der Waals surface area (Å²) in [7, 11) is 1.30. The minimum absolute atomic E-state index is 0.287. The largest absolute Gasteiger partial charge is 0.468 e. The van der Waals surface area contributed by atoms with Crippen LogP contribution in [0.3, 0.4) is 0 Å². The van der Waals surface area contributed by atoms with Gasteiger partial charge in [-0.25, -0.2) is 0 Å². The second-order valence-electron chi connectivity index (χ2n) is 3.58. The van der Waals surface area contributed by atoms with Crippen molar-refractivity contribution in [2.75, 3.05) is 20.6 Å². The van der Waals surface area contributed by atoms with Crippen molar-refractivity contribution in [3.8, 4) is 0 Å². The van der Waals surface area contributed by atoms with Crippen LogP contribution >= 0.6 is 0 Å². The molecule has 1 saturated heterocycles. The Bertz CT molecular complexity index is 255. The molecule has 1 fully saturated rings. The second-order valence-corrected chi connectivity index (χ2v) is 3.58. The first-order valence-corrected chi connectivity index (χ1v) is 4.74. The van der Waals surface area contributed by atoms with Crippen LogP contribution in [0.2, 0.25) is 0 Å². The zero-order valence-electron chi connectivity index (χ0n) is 11.2. The van der Waals surface area contributed by atoms with Crippen LogP contribution in [0, 0.1) is 5.92 Å². The van der Waals surface area contributed by atoms with Crippen LogP contribution in [0.1, 0.15) is 30.3 Å². The predicted molar refractivity (Wildman–Crippen MR) is 51.4 cm³/mol. The summed E-state index contributed by atoms with van der Waals surface area (Å²) in [5.74, 6) is -0.149. The van der Waals surface area contributed by atoms with Gasteiger partial charge < -0.3 is 4.74 Å². The lowest BCUT2D eigenvalue weighted by molar-refractivity contribution is -0.145. The van der Waals surface area contributed by atoms with Crippen molar-refractivity contribution in [1.29, 1.82) is 0 Å². The number of esters is 1. The van der Waals surface area contributed by atoms with Crippen molar-refractivity contribution in [3.05, 3.63) is 0 Å². The molecule has 1 rings (SSSR count). The Morgan fingerprint density at radius 1 is 1.77 bits per heavy atom. The molecule has 0 spiro atoms. The molecule has 0 aromatic rings. The van der Waals surface area contributed by atoms with Crippen LogP contribution in [-0.2, 0) is 9.53 Å². The van der Waals surface area contributed by atoms with Crippen molar-refractivity contribution in [2.45, 2.75) is 32.2 Å². The molecule has 0 bridgehead atoms. The van der Waals surface area contributed by atoms with Gasteiger partial charge >= 0.3 is 5.97 Å². The molecule has 0 N–H and O–H groups in total. The summed E-state index contributed by atoms with van der Waals surface area (Å²) in [5, 5.41) is 0. The normalized spacial score (nSPS) is 33.5. The van der Waals surface area contributed by atoms with E-state index >= 15 is 0 Å². The van der Waals surface area contributed by atoms with E-state index in [1.807, 2.05) is 0 Å². The van der Waals surface area contributed by atoms with Crippen molar-refractivity contribution >= 4 is 5.97 Å². The van der Waals surface area contributed by atoms with Gasteiger partial charge in [-0.1, -0.05) is 13.3 Å². The van der Waals surface area contributed by atoms with E-state index in [1.54, 1.807) is 0 Å². The van der Waals surface area contributed by atoms with Gasteiger partial charge in [-0.3, -0.25) is 9.69 Å². The number of likely N-dealkylation sites (tertiary alicyclic amines) is 1. The Morgan fingerprint density at radius 3 is 3.08 bits per heavy atom. The van der Waals surface area contributed by atoms with E-state index in [0.29, 0.717) is 13.0 Å². The maximum Gasteiger partial charge on any atom is 0.323 e. The highest BCUT2D eigenvalue weighted by Crippen LogP contribution is 2.25. The third kappa shape index (κ3) is 2.44. The Hall–Kier alpha value is -0.570. The van der Waals surface area contributed by atoms with E-state index in [0.717, 1.165) is 12.8 Å². The predicted octanol–water partition coefficient (Wildman–Crippen LogP) is 1.28. The maximum absolute atomic E-state index is 11.5. The van der Waals surface area contributed by atoms with Crippen LogP contribution < -0.4 is 0 Å². The third-order valence-electron chi connectivity index (χ3n) is 2.56. The lowest BCUT2D eigenvalue weighted by atomic mass is 10.0. The number of ether oxygens (including phenoxy) is 1. The molecule has 0 aromatic carbocycles. The zero-order chi connectivity index (χ0) is 12.3. The van der Waals surface area contributed by atoms with E-state index in [4.69, 9.17) is 4.11 Å². The number of methoxy groups -OCH3 is 1. The van der Waals surface area contributed by atoms with Gasteiger partial charge in [0.1, 0.15) is 6.04 Å². The van der Waals surface area contributed by atoms with Crippen molar-refractivity contribution < 1.29 is 13.6 Å². The van der Waals surface area contributed by atoms with Gasteiger partial charge in [0.25, 0.3) is 0 Å². The van der Waals surface area contributed by atoms with Crippen LogP contribution in [0.15, 0.2) is 0 Å². The molecule has 13 heavy (non-hydrogen) atoms. The fraction of sp³-hybridized carbons (Fsp3) is 0.900. The van der Waals surface area contributed by atoms with Gasteiger partial charge in [0.05, 0.1) is 7.11 Å². The molecule has 1 aliphatic rings. The first-order valence-electron chi connectivity index (χ1n) is 6.24. The lowest BCUT2D eigenvalue weighted by Gasteiger charge is -2.15. The molecule has 0 aliphatic carbocycles. The molecule has 1 aliphatic heterocycles. The minimum Gasteiger partial charge on any atom is -0.468 e. The molecule has 3 heteroatoms. The fourth-order valence-electron chi connectivity index (χ4n) is 1.90. The third-order valence-corrected chi connectivity index (χ3v) is 2.56. The van der Waals surface area contributed by atoms with Crippen molar-refractivity contribution in [3.63, 3.8) is 0 Å². The van der Waals surface area contributed by atoms with Crippen LogP contribution in [0.4, 0.5) is 0 Å². The number of likely N-dealkylation sites (N-methyl/N-ethyl adjacent to an activating group) is 1. The first-order chi connectivity index (χ1) is 7.40. The molecule has 1 heterocycles. The van der Waals surface area contributed by atoms with Gasteiger partial charge in [-0.15, -0.1) is 0 Å². The van der Waals surface area contributed by atoms with Crippen LogP contribution in [-0.4, -0.2) is 37.5 Å². The summed E-state index contributed by atoms with van der Waals surface area (Å²) in [6.07, 6.45) is 2.56. The molecule has 2 atom stereocenters. The van der Waals surface area contributed by atoms with Crippen molar-refractivity contribution in [2.24, 2.45) is 5.92 Å². The smallest absolute Gasteiger partial charge is 0.323 e. The summed E-state index contributed by atoms with van der Waals surface area (Å²) in [4.78, 5) is 12.8. The zero-order valence-corrected chi connectivity index (χ0v) is 8.25. The maximum atomic E-state index is 11.5. The van der Waals surface area contributed by atoms with E-state index in [2.05, 4.69) is 11.7 Å². The fourth-order valence-corrected chi connectivity index (χ4v) is 1.90. The summed E-state index contributed by atoms with van der Waals surface area (Å²) in [6.45, 7) is 0.316. The molecule has 3 nitrogen and oxygen atoms in total. The monoisotopic (exact) mass is 188 g/mol. The lowest BCUT2D eigenvalue weighted by Crippen LogP contribution is -2.33. The van der Waals surface area contributed by atoms with E-state index < -0.39 is 19.0 Å². The molecular weight excluding hydrogens is 166 g/mol. The summed E-state index contributed by atoms with van der Waals surface area (Å²) in [6, 6.07) is -0.603. The average molecular weight is 188 g/mol. The number of nitrogens with zero attached hydrogens (tertiary/aromatic N) is 1.